The van der Waals surface area contributed by atoms with Crippen LogP contribution in [0.1, 0.15) is 119 Å². The van der Waals surface area contributed by atoms with Crippen molar-refractivity contribution < 1.29 is 0 Å². The van der Waals surface area contributed by atoms with Gasteiger partial charge in [-0.25, -0.2) is 0 Å². The highest BCUT2D eigenvalue weighted by atomic mass is 14.4. The summed E-state index contributed by atoms with van der Waals surface area (Å²) in [6, 6.07) is 0. The monoisotopic (exact) mass is 324 g/mol. The van der Waals surface area contributed by atoms with Gasteiger partial charge in [0, 0.05) is 0 Å². The summed E-state index contributed by atoms with van der Waals surface area (Å²) in [5.74, 6) is 4.72. The topological polar surface area (TPSA) is 0 Å². The van der Waals surface area contributed by atoms with Crippen molar-refractivity contribution in [3.05, 3.63) is 0 Å². The standard InChI is InChI=1S/C23H48/c1-8-13-18-23(21(16-11-4)19(6)14-9-2)22(17-12-5)20(7)15-10-3/h19-23H,8-18H2,1-7H3. The third kappa shape index (κ3) is 8.59. The highest BCUT2D eigenvalue weighted by molar-refractivity contribution is 4.83. The van der Waals surface area contributed by atoms with Gasteiger partial charge in [-0.15, -0.1) is 0 Å². The lowest BCUT2D eigenvalue weighted by Crippen LogP contribution is -2.32. The Kier molecular flexibility index (Phi) is 14.4. The van der Waals surface area contributed by atoms with Crippen LogP contribution in [0.15, 0.2) is 0 Å². The van der Waals surface area contributed by atoms with Gasteiger partial charge in [-0.05, 0) is 36.0 Å². The van der Waals surface area contributed by atoms with E-state index in [9.17, 15) is 0 Å². The smallest absolute Gasteiger partial charge is 0.0352 e. The molecule has 0 heteroatoms. The van der Waals surface area contributed by atoms with E-state index in [4.69, 9.17) is 0 Å². The van der Waals surface area contributed by atoms with Crippen LogP contribution in [0.5, 0.6) is 0 Å². The summed E-state index contributed by atoms with van der Waals surface area (Å²) < 4.78 is 0. The van der Waals surface area contributed by atoms with Crippen LogP contribution in [0.4, 0.5) is 0 Å². The first kappa shape index (κ1) is 23.0. The summed E-state index contributed by atoms with van der Waals surface area (Å²) in [7, 11) is 0. The van der Waals surface area contributed by atoms with Crippen molar-refractivity contribution in [2.45, 2.75) is 119 Å². The van der Waals surface area contributed by atoms with Crippen molar-refractivity contribution in [2.24, 2.45) is 29.6 Å². The molecule has 0 rings (SSSR count). The Morgan fingerprint density at radius 3 is 1.13 bits per heavy atom. The molecule has 140 valence electrons. The fourth-order valence-electron chi connectivity index (χ4n) is 5.03. The SMILES string of the molecule is CCCCC(C(CCC)C(C)CCC)C(CCC)C(C)CCC. The molecule has 0 amide bonds. The first-order chi connectivity index (χ1) is 11.1. The third-order valence-electron chi connectivity index (χ3n) is 6.18. The van der Waals surface area contributed by atoms with Crippen LogP contribution in [0.25, 0.3) is 0 Å². The van der Waals surface area contributed by atoms with Gasteiger partial charge in [0.1, 0.15) is 0 Å². The summed E-state index contributed by atoms with van der Waals surface area (Å²) in [6.07, 6.45) is 15.5. The molecule has 0 aromatic rings. The molecule has 0 spiro atoms. The van der Waals surface area contributed by atoms with Crippen LogP contribution in [-0.4, -0.2) is 0 Å². The van der Waals surface area contributed by atoms with E-state index in [1.54, 1.807) is 0 Å². The van der Waals surface area contributed by atoms with Crippen LogP contribution in [-0.2, 0) is 0 Å². The van der Waals surface area contributed by atoms with Gasteiger partial charge < -0.3 is 0 Å². The third-order valence-corrected chi connectivity index (χ3v) is 6.18. The van der Waals surface area contributed by atoms with E-state index in [2.05, 4.69) is 48.5 Å². The highest BCUT2D eigenvalue weighted by Crippen LogP contribution is 2.42. The molecule has 0 saturated carbocycles. The number of hydrogen-bond donors (Lipinski definition) is 0. The van der Waals surface area contributed by atoms with Crippen molar-refractivity contribution in [2.75, 3.05) is 0 Å². The second kappa shape index (κ2) is 14.4. The predicted molar refractivity (Wildman–Crippen MR) is 108 cm³/mol. The molecule has 0 saturated heterocycles. The molecular formula is C23H48. The van der Waals surface area contributed by atoms with E-state index in [1.807, 2.05) is 0 Å². The highest BCUT2D eigenvalue weighted by Gasteiger charge is 2.33. The van der Waals surface area contributed by atoms with Crippen molar-refractivity contribution in [3.8, 4) is 0 Å². The molecule has 0 aliphatic carbocycles. The Morgan fingerprint density at radius 2 is 0.826 bits per heavy atom. The molecular weight excluding hydrogens is 276 g/mol. The number of rotatable bonds is 15. The van der Waals surface area contributed by atoms with E-state index < -0.39 is 0 Å². The minimum Gasteiger partial charge on any atom is -0.0654 e. The first-order valence-corrected chi connectivity index (χ1v) is 11.1. The molecule has 0 N–H and O–H groups in total. The van der Waals surface area contributed by atoms with Crippen LogP contribution in [0, 0.1) is 29.6 Å². The number of hydrogen-bond acceptors (Lipinski definition) is 0. The van der Waals surface area contributed by atoms with Crippen LogP contribution in [0.3, 0.4) is 0 Å². The Hall–Kier alpha value is 0. The minimum atomic E-state index is 0.912. The summed E-state index contributed by atoms with van der Waals surface area (Å²) in [5.41, 5.74) is 0. The molecule has 0 fully saturated rings. The maximum absolute atomic E-state index is 2.55. The Morgan fingerprint density at radius 1 is 0.435 bits per heavy atom. The maximum Gasteiger partial charge on any atom is -0.0352 e. The molecule has 4 unspecified atom stereocenters. The second-order valence-electron chi connectivity index (χ2n) is 8.24. The minimum absolute atomic E-state index is 0.912. The lowest BCUT2D eigenvalue weighted by molar-refractivity contribution is 0.0935. The first-order valence-electron chi connectivity index (χ1n) is 11.1. The van der Waals surface area contributed by atoms with E-state index in [0.717, 1.165) is 29.6 Å². The zero-order valence-electron chi connectivity index (χ0n) is 17.7. The molecule has 0 nitrogen and oxygen atoms in total. The average molecular weight is 325 g/mol. The van der Waals surface area contributed by atoms with Gasteiger partial charge in [0.05, 0.1) is 0 Å². The maximum atomic E-state index is 2.55. The van der Waals surface area contributed by atoms with E-state index >= 15 is 0 Å². The molecule has 0 aliphatic rings. The zero-order valence-corrected chi connectivity index (χ0v) is 17.7. The molecule has 0 aromatic heterocycles. The van der Waals surface area contributed by atoms with Gasteiger partial charge in [-0.2, -0.15) is 0 Å². The van der Waals surface area contributed by atoms with Gasteiger partial charge >= 0.3 is 0 Å². The number of unbranched alkanes of at least 4 members (excludes halogenated alkanes) is 1. The lowest BCUT2D eigenvalue weighted by Gasteiger charge is -2.40. The van der Waals surface area contributed by atoms with E-state index in [-0.39, 0.29) is 0 Å². The van der Waals surface area contributed by atoms with Gasteiger partial charge in [0.2, 0.25) is 0 Å². The van der Waals surface area contributed by atoms with Crippen LogP contribution in [0.2, 0.25) is 0 Å². The zero-order chi connectivity index (χ0) is 17.7. The largest absolute Gasteiger partial charge is 0.0654 e. The fourth-order valence-corrected chi connectivity index (χ4v) is 5.03. The van der Waals surface area contributed by atoms with Crippen molar-refractivity contribution >= 4 is 0 Å². The van der Waals surface area contributed by atoms with E-state index in [1.165, 1.54) is 70.6 Å². The van der Waals surface area contributed by atoms with Crippen molar-refractivity contribution in [3.63, 3.8) is 0 Å². The molecule has 0 bridgehead atoms. The Balaban J connectivity index is 5.33. The van der Waals surface area contributed by atoms with Crippen molar-refractivity contribution in [1.82, 2.24) is 0 Å². The molecule has 0 aliphatic heterocycles. The summed E-state index contributed by atoms with van der Waals surface area (Å²) in [5, 5.41) is 0. The quantitative estimate of drug-likeness (QED) is 0.283. The van der Waals surface area contributed by atoms with E-state index in [0.29, 0.717) is 0 Å². The summed E-state index contributed by atoms with van der Waals surface area (Å²) in [4.78, 5) is 0. The van der Waals surface area contributed by atoms with Gasteiger partial charge in [-0.1, -0.05) is 113 Å². The van der Waals surface area contributed by atoms with Gasteiger partial charge in [0.15, 0.2) is 0 Å². The summed E-state index contributed by atoms with van der Waals surface area (Å²) >= 11 is 0. The predicted octanol–water partition coefficient (Wildman–Crippen LogP) is 8.50. The molecule has 23 heavy (non-hydrogen) atoms. The van der Waals surface area contributed by atoms with Crippen LogP contribution < -0.4 is 0 Å². The van der Waals surface area contributed by atoms with Crippen molar-refractivity contribution in [1.29, 1.82) is 0 Å². The average Bonchev–Trinajstić information content (AvgIpc) is 2.53. The molecule has 0 heterocycles. The normalized spacial score (nSPS) is 18.4. The molecule has 0 radical (unpaired) electrons. The summed E-state index contributed by atoms with van der Waals surface area (Å²) in [6.45, 7) is 17.0. The molecule has 0 aromatic carbocycles. The lowest BCUT2D eigenvalue weighted by atomic mass is 9.65. The van der Waals surface area contributed by atoms with Gasteiger partial charge in [-0.3, -0.25) is 0 Å². The molecule has 4 atom stereocenters. The Bertz CT molecular complexity index is 222. The van der Waals surface area contributed by atoms with Gasteiger partial charge in [0.25, 0.3) is 0 Å². The Labute approximate surface area is 149 Å². The second-order valence-corrected chi connectivity index (χ2v) is 8.24. The van der Waals surface area contributed by atoms with Crippen LogP contribution >= 0.6 is 0 Å². The fraction of sp³-hybridized carbons (Fsp3) is 1.00.